The number of piperidine rings is 1. The standard InChI is InChI=1S/C22H27B3ClFN8O2S/c1-38(36,37)34-5-4-18(17(27)12-34)32-21-29-9-14(7-28)20(33-21)15-10-31-35(11-15)19-3-2-13(6-16(19)26)8-30-22(23,24)25/h2-3,6,9-11,17-18,30H,4-5,8,12,23-25H2,1H3,(H,29,32,33)/t17-,18+/m1/s1. The van der Waals surface area contributed by atoms with Gasteiger partial charge < -0.3 is 10.6 Å². The van der Waals surface area contributed by atoms with Gasteiger partial charge >= 0.3 is 0 Å². The molecule has 0 saturated carbocycles. The van der Waals surface area contributed by atoms with Gasteiger partial charge in [-0.2, -0.15) is 14.7 Å². The molecule has 1 aliphatic heterocycles. The maximum absolute atomic E-state index is 14.7. The van der Waals surface area contributed by atoms with E-state index in [0.717, 1.165) is 16.1 Å². The zero-order chi connectivity index (χ0) is 27.7. The van der Waals surface area contributed by atoms with Crippen molar-refractivity contribution in [3.8, 4) is 23.0 Å². The number of nitrogens with one attached hydrogen (secondary N) is 2. The third-order valence-electron chi connectivity index (χ3n) is 6.13. The van der Waals surface area contributed by atoms with Crippen LogP contribution in [0.15, 0.2) is 36.8 Å². The Labute approximate surface area is 229 Å². The van der Waals surface area contributed by atoms with Gasteiger partial charge in [0.25, 0.3) is 0 Å². The topological polar surface area (TPSA) is 129 Å². The lowest BCUT2D eigenvalue weighted by molar-refractivity contribution is 0.186. The van der Waals surface area contributed by atoms with E-state index in [-0.39, 0.29) is 36.3 Å². The molecule has 1 aromatic carbocycles. The fraction of sp³-hybridized carbons (Fsp3) is 0.364. The van der Waals surface area contributed by atoms with Crippen LogP contribution in [0.4, 0.5) is 10.3 Å². The Hall–Kier alpha value is -2.92. The molecule has 4 rings (SSSR count). The number of aromatic nitrogens is 4. The monoisotopic (exact) mass is 554 g/mol. The Morgan fingerprint density at radius 2 is 2.08 bits per heavy atom. The maximum Gasteiger partial charge on any atom is 0.223 e. The van der Waals surface area contributed by atoms with Crippen LogP contribution < -0.4 is 10.6 Å². The first-order valence-corrected chi connectivity index (χ1v) is 14.3. The third kappa shape index (κ3) is 6.74. The smallest absolute Gasteiger partial charge is 0.223 e. The summed E-state index contributed by atoms with van der Waals surface area (Å²) in [6, 6.07) is 7.14. The van der Waals surface area contributed by atoms with E-state index in [9.17, 15) is 18.1 Å². The molecule has 0 spiro atoms. The molecule has 0 unspecified atom stereocenters. The van der Waals surface area contributed by atoms with Crippen molar-refractivity contribution < 1.29 is 12.8 Å². The second kappa shape index (κ2) is 11.1. The molecule has 3 heterocycles. The number of hydrogen-bond donors (Lipinski definition) is 2. The van der Waals surface area contributed by atoms with Crippen molar-refractivity contribution in [2.45, 2.75) is 30.4 Å². The Balaban J connectivity index is 1.53. The normalized spacial score (nSPS) is 18.7. The summed E-state index contributed by atoms with van der Waals surface area (Å²) in [7, 11) is 2.81. The fourth-order valence-corrected chi connectivity index (χ4v) is 5.19. The number of rotatable bonds is 8. The molecule has 196 valence electrons. The minimum atomic E-state index is -3.47. The van der Waals surface area contributed by atoms with Crippen LogP contribution in [0.25, 0.3) is 16.9 Å². The van der Waals surface area contributed by atoms with Crippen LogP contribution in [-0.4, -0.2) is 92.8 Å². The quantitative estimate of drug-likeness (QED) is 0.348. The molecular weight excluding hydrogens is 527 g/mol. The molecule has 0 bridgehead atoms. The van der Waals surface area contributed by atoms with Crippen LogP contribution in [0.5, 0.6) is 0 Å². The largest absolute Gasteiger partial charge is 0.348 e. The summed E-state index contributed by atoms with van der Waals surface area (Å²) in [5.41, 5.74) is 2.83. The molecule has 0 radical (unpaired) electrons. The van der Waals surface area contributed by atoms with E-state index >= 15 is 0 Å². The summed E-state index contributed by atoms with van der Waals surface area (Å²) >= 11 is 6.56. The van der Waals surface area contributed by atoms with Gasteiger partial charge in [0.2, 0.25) is 16.0 Å². The van der Waals surface area contributed by atoms with Gasteiger partial charge in [0.15, 0.2) is 0 Å². The molecule has 10 nitrogen and oxygen atoms in total. The van der Waals surface area contributed by atoms with E-state index in [4.69, 9.17) is 11.6 Å². The molecule has 1 fully saturated rings. The molecule has 0 aliphatic carbocycles. The van der Waals surface area contributed by atoms with E-state index in [1.165, 1.54) is 6.20 Å². The van der Waals surface area contributed by atoms with Crippen LogP contribution >= 0.6 is 11.6 Å². The van der Waals surface area contributed by atoms with Gasteiger partial charge in [-0.25, -0.2) is 27.5 Å². The van der Waals surface area contributed by atoms with E-state index in [1.54, 1.807) is 17.1 Å². The second-order valence-electron chi connectivity index (χ2n) is 10.3. The highest BCUT2D eigenvalue weighted by Crippen LogP contribution is 2.27. The molecule has 2 N–H and O–H groups in total. The molecule has 1 saturated heterocycles. The van der Waals surface area contributed by atoms with Crippen molar-refractivity contribution in [2.24, 2.45) is 0 Å². The van der Waals surface area contributed by atoms with E-state index in [0.29, 0.717) is 28.5 Å². The van der Waals surface area contributed by atoms with Crippen LogP contribution in [0.1, 0.15) is 17.5 Å². The minimum absolute atomic E-state index is 0.0235. The maximum atomic E-state index is 14.7. The lowest BCUT2D eigenvalue weighted by Crippen LogP contribution is -2.49. The average Bonchev–Trinajstić information content (AvgIpc) is 3.33. The Bertz CT molecular complexity index is 1480. The Morgan fingerprint density at radius 3 is 2.71 bits per heavy atom. The van der Waals surface area contributed by atoms with Crippen molar-refractivity contribution in [1.29, 1.82) is 5.26 Å². The van der Waals surface area contributed by atoms with E-state index in [2.05, 4.69) is 55.3 Å². The first kappa shape index (κ1) is 28.1. The predicted octanol–water partition coefficient (Wildman–Crippen LogP) is -0.762. The summed E-state index contributed by atoms with van der Waals surface area (Å²) in [6.45, 7) is 0.625. The number of sulfonamides is 1. The molecule has 16 heteroatoms. The van der Waals surface area contributed by atoms with Crippen LogP contribution in [0.2, 0.25) is 5.02 Å². The minimum Gasteiger partial charge on any atom is -0.348 e. The number of anilines is 1. The third-order valence-corrected chi connectivity index (χ3v) is 7.71. The number of nitriles is 1. The number of benzene rings is 1. The van der Waals surface area contributed by atoms with Crippen molar-refractivity contribution >= 4 is 51.1 Å². The zero-order valence-corrected chi connectivity index (χ0v) is 23.2. The van der Waals surface area contributed by atoms with Gasteiger partial charge in [0, 0.05) is 31.4 Å². The van der Waals surface area contributed by atoms with Gasteiger partial charge in [0.05, 0.1) is 46.7 Å². The van der Waals surface area contributed by atoms with Crippen molar-refractivity contribution in [1.82, 2.24) is 29.4 Å². The molecule has 2 atom stereocenters. The van der Waals surface area contributed by atoms with E-state index < -0.39 is 22.2 Å². The van der Waals surface area contributed by atoms with Crippen molar-refractivity contribution in [3.05, 3.63) is 52.9 Å². The van der Waals surface area contributed by atoms with E-state index in [1.807, 2.05) is 18.2 Å². The zero-order valence-electron chi connectivity index (χ0n) is 21.6. The Morgan fingerprint density at radius 1 is 1.32 bits per heavy atom. The van der Waals surface area contributed by atoms with Crippen LogP contribution in [0.3, 0.4) is 0 Å². The molecule has 38 heavy (non-hydrogen) atoms. The highest BCUT2D eigenvalue weighted by molar-refractivity contribution is 7.88. The lowest BCUT2D eigenvalue weighted by Gasteiger charge is -2.33. The van der Waals surface area contributed by atoms with Gasteiger partial charge in [-0.15, -0.1) is 0 Å². The van der Waals surface area contributed by atoms with Crippen molar-refractivity contribution in [3.63, 3.8) is 0 Å². The molecule has 1 aliphatic rings. The molecular formula is C22H27B3ClFN8O2S. The summed E-state index contributed by atoms with van der Waals surface area (Å²) in [5, 5.41) is 20.9. The summed E-state index contributed by atoms with van der Waals surface area (Å²) in [4.78, 5) is 8.62. The van der Waals surface area contributed by atoms with Crippen molar-refractivity contribution in [2.75, 3.05) is 24.7 Å². The molecule has 2 aromatic heterocycles. The van der Waals surface area contributed by atoms with Crippen LogP contribution in [0, 0.1) is 11.3 Å². The fourth-order valence-electron chi connectivity index (χ4n) is 4.05. The molecule has 0 amide bonds. The molecule has 3 aromatic rings. The van der Waals surface area contributed by atoms with Gasteiger partial charge in [-0.05, 0) is 24.1 Å². The van der Waals surface area contributed by atoms with Gasteiger partial charge in [-0.3, -0.25) is 0 Å². The predicted molar refractivity (Wildman–Crippen MR) is 153 cm³/mol. The SMILES string of the molecule is BC(B)(B)NCc1ccc(-n2cc(-c3nc(N[C@H]4CCN(S(C)(=O)=O)C[C@H]4F)ncc3C#N)cn2)c(Cl)c1. The summed E-state index contributed by atoms with van der Waals surface area (Å²) < 4.78 is 40.9. The first-order valence-electron chi connectivity index (χ1n) is 12.1. The van der Waals surface area contributed by atoms with Crippen LogP contribution in [-0.2, 0) is 16.6 Å². The average molecular weight is 554 g/mol. The Kier molecular flexibility index (Phi) is 8.18. The highest BCUT2D eigenvalue weighted by Gasteiger charge is 2.33. The lowest BCUT2D eigenvalue weighted by atomic mass is 9.49. The number of halogens is 2. The second-order valence-corrected chi connectivity index (χ2v) is 12.7. The number of alkyl halides is 1. The van der Waals surface area contributed by atoms with Gasteiger partial charge in [-0.1, -0.05) is 22.9 Å². The summed E-state index contributed by atoms with van der Waals surface area (Å²) in [5.74, 6) is 0.140. The highest BCUT2D eigenvalue weighted by atomic mass is 35.5. The first-order chi connectivity index (χ1) is 17.8. The number of hydrogen-bond acceptors (Lipinski definition) is 8. The summed E-state index contributed by atoms with van der Waals surface area (Å²) in [6.07, 6.45) is 4.53. The van der Waals surface area contributed by atoms with Gasteiger partial charge in [0.1, 0.15) is 35.8 Å². The number of nitrogens with zero attached hydrogens (tertiary/aromatic N) is 6.